The summed E-state index contributed by atoms with van der Waals surface area (Å²) in [5, 5.41) is 6.52. The molecule has 1 amide bonds. The molecule has 2 fully saturated rings. The number of carbonyl (C=O) groups excluding carboxylic acids is 1. The molecule has 1 aromatic heterocycles. The third-order valence-electron chi connectivity index (χ3n) is 6.12. The first-order chi connectivity index (χ1) is 12.4. The molecule has 2 saturated heterocycles. The van der Waals surface area contributed by atoms with Crippen molar-refractivity contribution in [2.45, 2.75) is 43.9 Å². The number of nitrogens with one attached hydrogen (secondary N) is 1. The van der Waals surface area contributed by atoms with Gasteiger partial charge in [-0.05, 0) is 34.5 Å². The lowest BCUT2D eigenvalue weighted by molar-refractivity contribution is -0.931. The number of hydrogen-bond acceptors (Lipinski definition) is 3. The van der Waals surface area contributed by atoms with E-state index in [4.69, 9.17) is 4.74 Å². The zero-order chi connectivity index (χ0) is 18.3. The zero-order valence-electron chi connectivity index (χ0n) is 15.5. The summed E-state index contributed by atoms with van der Waals surface area (Å²) in [6, 6.07) is 7.67. The summed E-state index contributed by atoms with van der Waals surface area (Å²) in [5.41, 5.74) is 1.62. The fraction of sp³-hybridized carbons (Fsp3) is 0.450. The molecule has 7 heteroatoms. The predicted octanol–water partition coefficient (Wildman–Crippen LogP) is 1.88. The lowest BCUT2D eigenvalue weighted by Gasteiger charge is -2.43. The summed E-state index contributed by atoms with van der Waals surface area (Å²) < 4.78 is 21.1. The first-order valence-corrected chi connectivity index (χ1v) is 10.0. The Morgan fingerprint density at radius 3 is 2.56 bits per heavy atom. The molecule has 0 aliphatic carbocycles. The van der Waals surface area contributed by atoms with Crippen LogP contribution < -0.4 is 22.3 Å². The third kappa shape index (κ3) is 3.91. The molecule has 2 aliphatic rings. The van der Waals surface area contributed by atoms with Crippen molar-refractivity contribution in [2.24, 2.45) is 0 Å². The molecule has 2 aliphatic heterocycles. The van der Waals surface area contributed by atoms with Gasteiger partial charge in [0.1, 0.15) is 11.9 Å². The van der Waals surface area contributed by atoms with E-state index in [-0.39, 0.29) is 28.9 Å². The van der Waals surface area contributed by atoms with E-state index in [2.05, 4.69) is 19.4 Å². The zero-order valence-corrected chi connectivity index (χ0v) is 17.9. The maximum absolute atomic E-state index is 14.3. The molecule has 0 saturated carbocycles. The minimum absolute atomic E-state index is 0. The summed E-state index contributed by atoms with van der Waals surface area (Å²) in [5.74, 6) is -0.351. The van der Waals surface area contributed by atoms with Crippen LogP contribution in [0.15, 0.2) is 35.0 Å². The van der Waals surface area contributed by atoms with Crippen molar-refractivity contribution in [3.63, 3.8) is 0 Å². The third-order valence-corrected chi connectivity index (χ3v) is 6.80. The maximum Gasteiger partial charge on any atom is 0.411 e. The van der Waals surface area contributed by atoms with E-state index < -0.39 is 6.09 Å². The first kappa shape index (κ1) is 20.3. The Kier molecular flexibility index (Phi) is 5.93. The van der Waals surface area contributed by atoms with Gasteiger partial charge in [0.2, 0.25) is 0 Å². The second-order valence-electron chi connectivity index (χ2n) is 7.81. The maximum atomic E-state index is 14.3. The summed E-state index contributed by atoms with van der Waals surface area (Å²) in [6.07, 6.45) is 3.64. The van der Waals surface area contributed by atoms with Gasteiger partial charge in [0.05, 0.1) is 31.9 Å². The number of ether oxygens (including phenoxy) is 1. The number of halogens is 2. The monoisotopic (exact) mass is 454 g/mol. The molecule has 27 heavy (non-hydrogen) atoms. The number of carbonyl (C=O) groups is 1. The average molecular weight is 455 g/mol. The molecule has 4 nitrogen and oxygen atoms in total. The summed E-state index contributed by atoms with van der Waals surface area (Å²) in [4.78, 5) is 12.5. The molecule has 2 unspecified atom stereocenters. The van der Waals surface area contributed by atoms with Crippen LogP contribution in [0.4, 0.5) is 14.9 Å². The van der Waals surface area contributed by atoms with E-state index in [1.54, 1.807) is 12.1 Å². The number of benzene rings is 1. The molecular weight excluding hydrogens is 431 g/mol. The number of amides is 1. The smallest absolute Gasteiger partial charge is 0.411 e. The van der Waals surface area contributed by atoms with Crippen LogP contribution in [0.3, 0.4) is 0 Å². The number of anilines is 1. The highest BCUT2D eigenvalue weighted by Gasteiger charge is 2.49. The Bertz CT molecular complexity index is 796. The van der Waals surface area contributed by atoms with Crippen molar-refractivity contribution in [2.75, 3.05) is 19.4 Å². The summed E-state index contributed by atoms with van der Waals surface area (Å²) in [7, 11) is 4.55. The van der Waals surface area contributed by atoms with Crippen molar-refractivity contribution in [3.8, 4) is 11.1 Å². The molecular formula is C20H24BrFN2O2S. The number of nitrogens with zero attached hydrogens (tertiary/aromatic N) is 1. The molecule has 146 valence electrons. The lowest BCUT2D eigenvalue weighted by atomic mass is 9.98. The van der Waals surface area contributed by atoms with E-state index >= 15 is 0 Å². The van der Waals surface area contributed by atoms with Gasteiger partial charge in [0, 0.05) is 31.2 Å². The molecule has 2 bridgehead atoms. The Hall–Kier alpha value is -1.44. The molecule has 2 aromatic rings. The molecule has 1 aromatic carbocycles. The lowest BCUT2D eigenvalue weighted by Crippen LogP contribution is -3.00. The van der Waals surface area contributed by atoms with Gasteiger partial charge in [-0.1, -0.05) is 6.07 Å². The topological polar surface area (TPSA) is 38.3 Å². The van der Waals surface area contributed by atoms with Gasteiger partial charge < -0.3 is 26.2 Å². The van der Waals surface area contributed by atoms with Crippen LogP contribution >= 0.6 is 11.3 Å². The fourth-order valence-electron chi connectivity index (χ4n) is 4.55. The fourth-order valence-corrected chi connectivity index (χ4v) is 5.19. The van der Waals surface area contributed by atoms with Crippen LogP contribution in [-0.4, -0.2) is 42.9 Å². The van der Waals surface area contributed by atoms with Gasteiger partial charge in [0.25, 0.3) is 0 Å². The van der Waals surface area contributed by atoms with Crippen LogP contribution in [0, 0.1) is 5.82 Å². The Labute approximate surface area is 173 Å². The van der Waals surface area contributed by atoms with Gasteiger partial charge in [-0.25, -0.2) is 9.18 Å². The number of piperidine rings is 1. The molecule has 0 spiro atoms. The van der Waals surface area contributed by atoms with Crippen molar-refractivity contribution in [1.29, 1.82) is 0 Å². The van der Waals surface area contributed by atoms with Crippen molar-refractivity contribution < 1.29 is 35.4 Å². The van der Waals surface area contributed by atoms with Gasteiger partial charge >= 0.3 is 6.09 Å². The highest BCUT2D eigenvalue weighted by atomic mass is 79.9. The standard InChI is InChI=1S/C20H23FN2O2S.BrH/c1-23(2)14-6-7-15(23)11-16(10-14)25-20(24)22-18-5-3-4-17(21)19(18)13-8-9-26-12-13;/h3-5,8-9,12,14-16H,6-7,10-11H2,1-2H3;1H. The summed E-state index contributed by atoms with van der Waals surface area (Å²) in [6.45, 7) is 0. The normalized spacial score (nSPS) is 25.5. The predicted molar refractivity (Wildman–Crippen MR) is 102 cm³/mol. The summed E-state index contributed by atoms with van der Waals surface area (Å²) >= 11 is 1.49. The molecule has 3 heterocycles. The van der Waals surface area contributed by atoms with Gasteiger partial charge in [0.15, 0.2) is 0 Å². The van der Waals surface area contributed by atoms with Gasteiger partial charge in [-0.2, -0.15) is 11.3 Å². The SMILES string of the molecule is C[N+]1(C)C2CCC1CC(OC(=O)Nc1cccc(F)c1-c1ccsc1)C2.[Br-]. The van der Waals surface area contributed by atoms with Crippen LogP contribution in [0.5, 0.6) is 0 Å². The number of quaternary nitrogens is 1. The molecule has 4 rings (SSSR count). The van der Waals surface area contributed by atoms with E-state index in [0.717, 1.165) is 22.9 Å². The molecule has 2 atom stereocenters. The van der Waals surface area contributed by atoms with Crippen molar-refractivity contribution in [3.05, 3.63) is 40.8 Å². The van der Waals surface area contributed by atoms with Crippen molar-refractivity contribution in [1.82, 2.24) is 0 Å². The van der Waals surface area contributed by atoms with E-state index in [1.807, 2.05) is 16.8 Å². The highest BCUT2D eigenvalue weighted by molar-refractivity contribution is 7.08. The van der Waals surface area contributed by atoms with E-state index in [9.17, 15) is 9.18 Å². The van der Waals surface area contributed by atoms with E-state index in [1.165, 1.54) is 30.2 Å². The number of fused-ring (bicyclic) bond motifs is 2. The average Bonchev–Trinajstić information content (AvgIpc) is 3.11. The van der Waals surface area contributed by atoms with Crippen molar-refractivity contribution >= 4 is 23.1 Å². The van der Waals surface area contributed by atoms with Crippen LogP contribution in [0.1, 0.15) is 25.7 Å². The largest absolute Gasteiger partial charge is 1.00 e. The van der Waals surface area contributed by atoms with Gasteiger partial charge in [-0.3, -0.25) is 5.32 Å². The minimum Gasteiger partial charge on any atom is -1.00 e. The highest BCUT2D eigenvalue weighted by Crippen LogP contribution is 2.40. The minimum atomic E-state index is -0.497. The molecule has 0 radical (unpaired) electrons. The van der Waals surface area contributed by atoms with E-state index in [0.29, 0.717) is 23.3 Å². The Morgan fingerprint density at radius 1 is 1.22 bits per heavy atom. The first-order valence-electron chi connectivity index (χ1n) is 9.07. The second-order valence-corrected chi connectivity index (χ2v) is 8.59. The quantitative estimate of drug-likeness (QED) is 0.718. The van der Waals surface area contributed by atoms with Crippen LogP contribution in [0.2, 0.25) is 0 Å². The number of thiophene rings is 1. The van der Waals surface area contributed by atoms with Gasteiger partial charge in [-0.15, -0.1) is 0 Å². The number of hydrogen-bond donors (Lipinski definition) is 1. The number of rotatable bonds is 3. The van der Waals surface area contributed by atoms with Crippen LogP contribution in [-0.2, 0) is 4.74 Å². The Morgan fingerprint density at radius 2 is 1.93 bits per heavy atom. The molecule has 1 N–H and O–H groups in total. The van der Waals surface area contributed by atoms with Crippen LogP contribution in [0.25, 0.3) is 11.1 Å². The second kappa shape index (κ2) is 7.89. The Balaban J connectivity index is 0.00000210.